The second-order valence-electron chi connectivity index (χ2n) is 4.36. The van der Waals surface area contributed by atoms with Gasteiger partial charge in [-0.2, -0.15) is 0 Å². The lowest BCUT2D eigenvalue weighted by molar-refractivity contribution is -0.149. The Morgan fingerprint density at radius 2 is 2.12 bits per heavy atom. The van der Waals surface area contributed by atoms with Gasteiger partial charge < -0.3 is 15.7 Å². The Morgan fingerprint density at radius 1 is 1.38 bits per heavy atom. The lowest BCUT2D eigenvalue weighted by Crippen LogP contribution is -2.47. The van der Waals surface area contributed by atoms with Gasteiger partial charge in [0.15, 0.2) is 0 Å². The van der Waals surface area contributed by atoms with Crippen LogP contribution in [0.5, 0.6) is 0 Å². The summed E-state index contributed by atoms with van der Waals surface area (Å²) in [4.78, 5) is 24.6. The number of carboxylic acids is 1. The summed E-state index contributed by atoms with van der Waals surface area (Å²) in [6, 6.07) is -0.752. The van der Waals surface area contributed by atoms with Crippen LogP contribution in [-0.4, -0.2) is 45.6 Å². The first-order valence-electron chi connectivity index (χ1n) is 5.48. The van der Waals surface area contributed by atoms with Crippen LogP contribution in [0.1, 0.15) is 19.3 Å². The molecule has 90 valence electrons. The fraction of sp³-hybridized carbons (Fsp3) is 0.800. The molecule has 3 atom stereocenters. The number of aliphatic carboxylic acids is 1. The SMILES string of the molecule is NC1CCCC1C(=O)N1CSCC1C(=O)O. The Labute approximate surface area is 98.4 Å². The number of carboxylic acid groups (broad SMARTS) is 1. The Bertz CT molecular complexity index is 310. The average Bonchev–Trinajstić information content (AvgIpc) is 2.84. The summed E-state index contributed by atoms with van der Waals surface area (Å²) in [5.41, 5.74) is 5.87. The minimum Gasteiger partial charge on any atom is -0.480 e. The van der Waals surface area contributed by atoms with E-state index in [-0.39, 0.29) is 17.9 Å². The van der Waals surface area contributed by atoms with Crippen LogP contribution in [0.2, 0.25) is 0 Å². The zero-order valence-electron chi connectivity index (χ0n) is 8.96. The standard InChI is InChI=1S/C10H16N2O3S/c11-7-3-1-2-6(7)9(13)12-5-16-4-8(12)10(14)15/h6-8H,1-5,11H2,(H,14,15). The zero-order valence-corrected chi connectivity index (χ0v) is 9.78. The van der Waals surface area contributed by atoms with Crippen LogP contribution in [0, 0.1) is 5.92 Å². The number of hydrogen-bond donors (Lipinski definition) is 2. The summed E-state index contributed by atoms with van der Waals surface area (Å²) in [5, 5.41) is 9.00. The second-order valence-corrected chi connectivity index (χ2v) is 5.36. The predicted octanol–water partition coefficient (Wildman–Crippen LogP) is 0.0999. The molecule has 1 aliphatic carbocycles. The third-order valence-corrected chi connectivity index (χ3v) is 4.35. The van der Waals surface area contributed by atoms with Crippen molar-refractivity contribution < 1.29 is 14.7 Å². The van der Waals surface area contributed by atoms with E-state index in [0.29, 0.717) is 11.6 Å². The molecule has 2 fully saturated rings. The molecule has 1 aliphatic heterocycles. The van der Waals surface area contributed by atoms with E-state index in [0.717, 1.165) is 19.3 Å². The highest BCUT2D eigenvalue weighted by atomic mass is 32.2. The van der Waals surface area contributed by atoms with Crippen LogP contribution in [0.25, 0.3) is 0 Å². The van der Waals surface area contributed by atoms with Gasteiger partial charge in [-0.05, 0) is 12.8 Å². The van der Waals surface area contributed by atoms with Gasteiger partial charge in [0, 0.05) is 11.8 Å². The van der Waals surface area contributed by atoms with E-state index < -0.39 is 12.0 Å². The molecule has 6 heteroatoms. The van der Waals surface area contributed by atoms with Crippen LogP contribution in [-0.2, 0) is 9.59 Å². The van der Waals surface area contributed by atoms with Gasteiger partial charge in [-0.15, -0.1) is 11.8 Å². The fourth-order valence-electron chi connectivity index (χ4n) is 2.37. The van der Waals surface area contributed by atoms with E-state index in [9.17, 15) is 9.59 Å². The van der Waals surface area contributed by atoms with E-state index in [4.69, 9.17) is 10.8 Å². The third-order valence-electron chi connectivity index (χ3n) is 3.34. The summed E-state index contributed by atoms with van der Waals surface area (Å²) >= 11 is 1.49. The molecule has 1 saturated heterocycles. The Balaban J connectivity index is 2.06. The number of amides is 1. The van der Waals surface area contributed by atoms with E-state index >= 15 is 0 Å². The number of nitrogens with zero attached hydrogens (tertiary/aromatic N) is 1. The predicted molar refractivity (Wildman–Crippen MR) is 60.9 cm³/mol. The van der Waals surface area contributed by atoms with Gasteiger partial charge in [0.25, 0.3) is 0 Å². The van der Waals surface area contributed by atoms with Crippen LogP contribution in [0.4, 0.5) is 0 Å². The molecule has 0 aromatic carbocycles. The first-order valence-corrected chi connectivity index (χ1v) is 6.63. The maximum Gasteiger partial charge on any atom is 0.327 e. The van der Waals surface area contributed by atoms with Crippen molar-refractivity contribution in [1.29, 1.82) is 0 Å². The molecule has 3 unspecified atom stereocenters. The molecule has 1 amide bonds. The van der Waals surface area contributed by atoms with E-state index in [2.05, 4.69) is 0 Å². The summed E-state index contributed by atoms with van der Waals surface area (Å²) in [7, 11) is 0. The highest BCUT2D eigenvalue weighted by Crippen LogP contribution is 2.30. The highest BCUT2D eigenvalue weighted by Gasteiger charge is 2.40. The molecule has 3 N–H and O–H groups in total. The average molecular weight is 244 g/mol. The number of carbonyl (C=O) groups is 2. The van der Waals surface area contributed by atoms with E-state index in [1.165, 1.54) is 16.7 Å². The summed E-state index contributed by atoms with van der Waals surface area (Å²) in [6.45, 7) is 0. The van der Waals surface area contributed by atoms with Gasteiger partial charge >= 0.3 is 5.97 Å². The summed E-state index contributed by atoms with van der Waals surface area (Å²) in [6.07, 6.45) is 2.64. The molecule has 0 aromatic rings. The quantitative estimate of drug-likeness (QED) is 0.719. The molecule has 16 heavy (non-hydrogen) atoms. The van der Waals surface area contributed by atoms with Gasteiger partial charge in [-0.1, -0.05) is 6.42 Å². The second kappa shape index (κ2) is 4.63. The van der Waals surface area contributed by atoms with Crippen molar-refractivity contribution >= 4 is 23.6 Å². The molecule has 0 bridgehead atoms. The molecule has 0 spiro atoms. The van der Waals surface area contributed by atoms with Crippen molar-refractivity contribution in [2.45, 2.75) is 31.3 Å². The maximum absolute atomic E-state index is 12.1. The molecule has 0 radical (unpaired) electrons. The molecular weight excluding hydrogens is 228 g/mol. The normalized spacial score (nSPS) is 34.3. The highest BCUT2D eigenvalue weighted by molar-refractivity contribution is 7.99. The van der Waals surface area contributed by atoms with Crippen molar-refractivity contribution in [3.8, 4) is 0 Å². The Kier molecular flexibility index (Phi) is 3.39. The largest absolute Gasteiger partial charge is 0.480 e. The third kappa shape index (κ3) is 2.04. The molecule has 1 heterocycles. The van der Waals surface area contributed by atoms with Crippen LogP contribution in [0.15, 0.2) is 0 Å². The van der Waals surface area contributed by atoms with Crippen LogP contribution < -0.4 is 5.73 Å². The molecular formula is C10H16N2O3S. The Morgan fingerprint density at radius 3 is 2.69 bits per heavy atom. The molecule has 2 rings (SSSR count). The monoisotopic (exact) mass is 244 g/mol. The minimum atomic E-state index is -0.912. The first-order chi connectivity index (χ1) is 7.61. The lowest BCUT2D eigenvalue weighted by Gasteiger charge is -2.25. The number of nitrogens with two attached hydrogens (primary N) is 1. The van der Waals surface area contributed by atoms with Crippen LogP contribution in [0.3, 0.4) is 0 Å². The van der Waals surface area contributed by atoms with Gasteiger partial charge in [0.05, 0.1) is 11.8 Å². The molecule has 1 saturated carbocycles. The maximum atomic E-state index is 12.1. The zero-order chi connectivity index (χ0) is 11.7. The minimum absolute atomic E-state index is 0.0672. The molecule has 0 aromatic heterocycles. The van der Waals surface area contributed by atoms with Gasteiger partial charge in [0.1, 0.15) is 6.04 Å². The molecule has 2 aliphatic rings. The van der Waals surface area contributed by atoms with E-state index in [1.807, 2.05) is 0 Å². The van der Waals surface area contributed by atoms with Crippen molar-refractivity contribution in [1.82, 2.24) is 4.90 Å². The molecule has 5 nitrogen and oxygen atoms in total. The van der Waals surface area contributed by atoms with Gasteiger partial charge in [-0.3, -0.25) is 4.79 Å². The lowest BCUT2D eigenvalue weighted by atomic mass is 10.0. The summed E-state index contributed by atoms with van der Waals surface area (Å²) < 4.78 is 0. The Hall–Kier alpha value is -0.750. The van der Waals surface area contributed by atoms with Crippen LogP contribution >= 0.6 is 11.8 Å². The van der Waals surface area contributed by atoms with Crippen molar-refractivity contribution in [3.63, 3.8) is 0 Å². The number of thioether (sulfide) groups is 1. The van der Waals surface area contributed by atoms with E-state index in [1.54, 1.807) is 0 Å². The summed E-state index contributed by atoms with van der Waals surface area (Å²) in [5.74, 6) is -0.171. The smallest absolute Gasteiger partial charge is 0.327 e. The number of hydrogen-bond acceptors (Lipinski definition) is 4. The van der Waals surface area contributed by atoms with Gasteiger partial charge in [0.2, 0.25) is 5.91 Å². The topological polar surface area (TPSA) is 83.6 Å². The van der Waals surface area contributed by atoms with Gasteiger partial charge in [-0.25, -0.2) is 4.79 Å². The number of rotatable bonds is 2. The fourth-order valence-corrected chi connectivity index (χ4v) is 3.53. The van der Waals surface area contributed by atoms with Crippen molar-refractivity contribution in [2.75, 3.05) is 11.6 Å². The first kappa shape index (κ1) is 11.7. The van der Waals surface area contributed by atoms with Crippen molar-refractivity contribution in [2.24, 2.45) is 11.7 Å². The number of carbonyl (C=O) groups excluding carboxylic acids is 1. The van der Waals surface area contributed by atoms with Crippen molar-refractivity contribution in [3.05, 3.63) is 0 Å².